The van der Waals surface area contributed by atoms with Crippen LogP contribution in [0.15, 0.2) is 61.1 Å². The molecule has 0 aliphatic carbocycles. The van der Waals surface area contributed by atoms with Gasteiger partial charge in [-0.2, -0.15) is 0 Å². The predicted octanol–water partition coefficient (Wildman–Crippen LogP) is 5.16. The molecule has 0 atom stereocenters. The highest BCUT2D eigenvalue weighted by molar-refractivity contribution is 7.18. The summed E-state index contributed by atoms with van der Waals surface area (Å²) < 4.78 is 3.04. The van der Waals surface area contributed by atoms with E-state index in [4.69, 9.17) is 23.2 Å². The molecular formula is C21H16Cl2N4O2S2. The lowest BCUT2D eigenvalue weighted by Gasteiger charge is -2.06. The van der Waals surface area contributed by atoms with Crippen molar-refractivity contribution in [2.24, 2.45) is 0 Å². The van der Waals surface area contributed by atoms with E-state index in [1.54, 1.807) is 30.6 Å². The van der Waals surface area contributed by atoms with Crippen molar-refractivity contribution in [1.29, 1.82) is 0 Å². The summed E-state index contributed by atoms with van der Waals surface area (Å²) in [4.78, 5) is 29.7. The van der Waals surface area contributed by atoms with Gasteiger partial charge in [0.2, 0.25) is 0 Å². The maximum absolute atomic E-state index is 12.1. The van der Waals surface area contributed by atoms with E-state index in [1.165, 1.54) is 22.7 Å². The van der Waals surface area contributed by atoms with E-state index in [9.17, 15) is 9.59 Å². The second-order valence-electron chi connectivity index (χ2n) is 6.51. The van der Waals surface area contributed by atoms with Crippen LogP contribution in [-0.4, -0.2) is 21.4 Å². The van der Waals surface area contributed by atoms with Gasteiger partial charge in [0.25, 0.3) is 11.8 Å². The Hall–Kier alpha value is -2.65. The van der Waals surface area contributed by atoms with Gasteiger partial charge in [0.15, 0.2) is 0 Å². The second-order valence-corrected chi connectivity index (χ2v) is 9.94. The summed E-state index contributed by atoms with van der Waals surface area (Å²) in [6, 6.07) is 14.6. The minimum Gasteiger partial charge on any atom is -0.347 e. The van der Waals surface area contributed by atoms with Gasteiger partial charge < -0.3 is 15.2 Å². The lowest BCUT2D eigenvalue weighted by Crippen LogP contribution is -2.21. The molecule has 0 bridgehead atoms. The molecule has 0 aliphatic rings. The summed E-state index contributed by atoms with van der Waals surface area (Å²) in [6.45, 7) is 0.737. The average molecular weight is 491 g/mol. The van der Waals surface area contributed by atoms with Crippen LogP contribution < -0.4 is 10.6 Å². The maximum atomic E-state index is 12.1. The highest BCUT2D eigenvalue weighted by Crippen LogP contribution is 2.22. The van der Waals surface area contributed by atoms with Crippen LogP contribution in [0, 0.1) is 0 Å². The van der Waals surface area contributed by atoms with Crippen LogP contribution in [0.5, 0.6) is 0 Å². The number of thiophene rings is 2. The van der Waals surface area contributed by atoms with E-state index in [2.05, 4.69) is 15.6 Å². The van der Waals surface area contributed by atoms with Crippen LogP contribution in [0.4, 0.5) is 0 Å². The predicted molar refractivity (Wildman–Crippen MR) is 125 cm³/mol. The van der Waals surface area contributed by atoms with Crippen molar-refractivity contribution in [3.05, 3.63) is 90.7 Å². The van der Waals surface area contributed by atoms with Gasteiger partial charge in [-0.1, -0.05) is 35.3 Å². The minimum atomic E-state index is -0.178. The molecular weight excluding hydrogens is 475 g/mol. The third-order valence-electron chi connectivity index (χ3n) is 4.35. The Morgan fingerprint density at radius 3 is 1.97 bits per heavy atom. The molecule has 4 rings (SSSR count). The van der Waals surface area contributed by atoms with Gasteiger partial charge >= 0.3 is 0 Å². The lowest BCUT2D eigenvalue weighted by atomic mass is 10.2. The molecule has 0 radical (unpaired) electrons. The fourth-order valence-corrected chi connectivity index (χ4v) is 4.70. The van der Waals surface area contributed by atoms with E-state index < -0.39 is 0 Å². The average Bonchev–Trinajstić information content (AvgIpc) is 3.52. The van der Waals surface area contributed by atoms with Crippen molar-refractivity contribution in [3.8, 4) is 5.69 Å². The van der Waals surface area contributed by atoms with Crippen LogP contribution in [-0.2, 0) is 13.1 Å². The van der Waals surface area contributed by atoms with Crippen LogP contribution in [0.3, 0.4) is 0 Å². The first kappa shape index (κ1) is 21.6. The highest BCUT2D eigenvalue weighted by atomic mass is 35.5. The molecule has 1 aromatic carbocycles. The van der Waals surface area contributed by atoms with E-state index in [-0.39, 0.29) is 11.8 Å². The lowest BCUT2D eigenvalue weighted by molar-refractivity contribution is 0.0946. The SMILES string of the molecule is O=C(NCc1ccc(-n2cnc(CNC(=O)c3ccc(Cl)s3)c2)cc1)c1ccc(Cl)s1. The van der Waals surface area contributed by atoms with E-state index in [0.29, 0.717) is 31.5 Å². The van der Waals surface area contributed by atoms with E-state index >= 15 is 0 Å². The Kier molecular flexibility index (Phi) is 6.72. The molecule has 2 amide bonds. The Morgan fingerprint density at radius 2 is 1.42 bits per heavy atom. The molecule has 4 aromatic rings. The molecule has 0 saturated carbocycles. The number of hydrogen-bond acceptors (Lipinski definition) is 5. The largest absolute Gasteiger partial charge is 0.347 e. The molecule has 0 saturated heterocycles. The fraction of sp³-hybridized carbons (Fsp3) is 0.0952. The number of hydrogen-bond donors (Lipinski definition) is 2. The fourth-order valence-electron chi connectivity index (χ4n) is 2.78. The number of carbonyl (C=O) groups excluding carboxylic acids is 2. The Morgan fingerprint density at radius 1 is 0.839 bits per heavy atom. The van der Waals surface area contributed by atoms with Crippen molar-refractivity contribution >= 4 is 57.7 Å². The van der Waals surface area contributed by atoms with Gasteiger partial charge in [0.05, 0.1) is 37.0 Å². The molecule has 0 aliphatic heterocycles. The smallest absolute Gasteiger partial charge is 0.261 e. The summed E-state index contributed by atoms with van der Waals surface area (Å²) in [5.74, 6) is -0.324. The number of nitrogens with one attached hydrogen (secondary N) is 2. The molecule has 0 unspecified atom stereocenters. The van der Waals surface area contributed by atoms with Gasteiger partial charge in [0.1, 0.15) is 0 Å². The second kappa shape index (κ2) is 9.65. The molecule has 2 N–H and O–H groups in total. The molecule has 3 heterocycles. The third-order valence-corrected chi connectivity index (χ3v) is 6.81. The van der Waals surface area contributed by atoms with E-state index in [1.807, 2.05) is 35.0 Å². The number of benzene rings is 1. The minimum absolute atomic E-state index is 0.146. The van der Waals surface area contributed by atoms with Gasteiger partial charge in [0, 0.05) is 18.4 Å². The first-order chi connectivity index (χ1) is 15.0. The zero-order valence-corrected chi connectivity index (χ0v) is 19.1. The molecule has 10 heteroatoms. The number of nitrogens with zero attached hydrogens (tertiary/aromatic N) is 2. The number of amides is 2. The summed E-state index contributed by atoms with van der Waals surface area (Å²) >= 11 is 14.2. The van der Waals surface area contributed by atoms with Crippen molar-refractivity contribution in [2.45, 2.75) is 13.1 Å². The van der Waals surface area contributed by atoms with Gasteiger partial charge in [-0.25, -0.2) is 4.98 Å². The number of halogens is 2. The van der Waals surface area contributed by atoms with Crippen molar-refractivity contribution in [1.82, 2.24) is 20.2 Å². The van der Waals surface area contributed by atoms with Gasteiger partial charge in [-0.15, -0.1) is 22.7 Å². The highest BCUT2D eigenvalue weighted by Gasteiger charge is 2.10. The Balaban J connectivity index is 1.31. The Bertz CT molecular complexity index is 1210. The summed E-state index contributed by atoms with van der Waals surface area (Å²) in [6.07, 6.45) is 3.56. The number of rotatable bonds is 7. The zero-order valence-electron chi connectivity index (χ0n) is 16.0. The molecule has 31 heavy (non-hydrogen) atoms. The molecule has 0 fully saturated rings. The van der Waals surface area contributed by atoms with Crippen LogP contribution in [0.1, 0.15) is 30.6 Å². The molecule has 3 aromatic heterocycles. The topological polar surface area (TPSA) is 76.0 Å². The van der Waals surface area contributed by atoms with Crippen molar-refractivity contribution < 1.29 is 9.59 Å². The van der Waals surface area contributed by atoms with Gasteiger partial charge in [-0.05, 0) is 42.0 Å². The Labute approximate surface area is 196 Å². The molecule has 6 nitrogen and oxygen atoms in total. The summed E-state index contributed by atoms with van der Waals surface area (Å²) in [5, 5.41) is 5.71. The van der Waals surface area contributed by atoms with E-state index in [0.717, 1.165) is 16.9 Å². The quantitative estimate of drug-likeness (QED) is 0.375. The van der Waals surface area contributed by atoms with Crippen LogP contribution in [0.25, 0.3) is 5.69 Å². The monoisotopic (exact) mass is 490 g/mol. The number of imidazole rings is 1. The standard InChI is InChI=1S/C21H16Cl2N4O2S2/c22-18-7-5-16(30-18)20(28)24-9-13-1-3-15(4-2-13)27-11-14(26-12-27)10-25-21(29)17-6-8-19(23)31-17/h1-8,11-12H,9-10H2,(H,24,28)(H,25,29). The first-order valence-electron chi connectivity index (χ1n) is 9.17. The zero-order chi connectivity index (χ0) is 21.8. The van der Waals surface area contributed by atoms with Crippen molar-refractivity contribution in [3.63, 3.8) is 0 Å². The molecule has 158 valence electrons. The van der Waals surface area contributed by atoms with Crippen molar-refractivity contribution in [2.75, 3.05) is 0 Å². The number of aromatic nitrogens is 2. The van der Waals surface area contributed by atoms with Crippen LogP contribution >= 0.6 is 45.9 Å². The normalized spacial score (nSPS) is 10.8. The third kappa shape index (κ3) is 5.54. The number of carbonyl (C=O) groups is 2. The first-order valence-corrected chi connectivity index (χ1v) is 11.6. The van der Waals surface area contributed by atoms with Crippen LogP contribution in [0.2, 0.25) is 8.67 Å². The maximum Gasteiger partial charge on any atom is 0.261 e. The van der Waals surface area contributed by atoms with Gasteiger partial charge in [-0.3, -0.25) is 9.59 Å². The summed E-state index contributed by atoms with van der Waals surface area (Å²) in [5.41, 5.74) is 2.64. The summed E-state index contributed by atoms with van der Waals surface area (Å²) in [7, 11) is 0. The molecule has 0 spiro atoms.